The molecule has 5 nitrogen and oxygen atoms in total. The summed E-state index contributed by atoms with van der Waals surface area (Å²) < 4.78 is 6.49. The van der Waals surface area contributed by atoms with Crippen molar-refractivity contribution in [3.63, 3.8) is 0 Å². The average molecular weight is 605 g/mol. The Kier molecular flexibility index (Phi) is 6.53. The summed E-state index contributed by atoms with van der Waals surface area (Å²) in [5.41, 5.74) is 8.99. The normalized spacial score (nSPS) is 16.3. The minimum absolute atomic E-state index is 0.155. The van der Waals surface area contributed by atoms with Crippen molar-refractivity contribution < 1.29 is 4.42 Å². The van der Waals surface area contributed by atoms with E-state index in [0.717, 1.165) is 44.5 Å². The van der Waals surface area contributed by atoms with Crippen molar-refractivity contribution in [2.75, 3.05) is 0 Å². The highest BCUT2D eigenvalue weighted by atomic mass is 16.3. The Morgan fingerprint density at radius 3 is 1.68 bits per heavy atom. The second-order valence-electron chi connectivity index (χ2n) is 11.8. The zero-order chi connectivity index (χ0) is 31.2. The lowest BCUT2D eigenvalue weighted by Crippen LogP contribution is -2.11. The van der Waals surface area contributed by atoms with Crippen LogP contribution < -0.4 is 0 Å². The maximum absolute atomic E-state index is 6.49. The van der Waals surface area contributed by atoms with Gasteiger partial charge in [0.15, 0.2) is 17.5 Å². The molecule has 0 amide bonds. The molecule has 222 valence electrons. The molecular weight excluding hydrogens is 576 g/mol. The molecule has 2 unspecified atom stereocenters. The fourth-order valence-electron chi connectivity index (χ4n) is 6.57. The number of aromatic nitrogens is 4. The molecule has 0 N–H and O–H groups in total. The largest absolute Gasteiger partial charge is 0.460 e. The highest BCUT2D eigenvalue weighted by Gasteiger charge is 2.31. The zero-order valence-electron chi connectivity index (χ0n) is 25.4. The lowest BCUT2D eigenvalue weighted by atomic mass is 9.80. The summed E-state index contributed by atoms with van der Waals surface area (Å²) in [7, 11) is 0. The van der Waals surface area contributed by atoms with Crippen molar-refractivity contribution in [2.24, 2.45) is 5.92 Å². The Morgan fingerprint density at radius 1 is 0.489 bits per heavy atom. The Balaban J connectivity index is 1.13. The van der Waals surface area contributed by atoms with Crippen LogP contribution in [0.15, 0.2) is 156 Å². The number of allylic oxidation sites excluding steroid dienone is 5. The third-order valence-electron chi connectivity index (χ3n) is 8.98. The Bertz CT molecular complexity index is 2340. The molecule has 0 aliphatic heterocycles. The number of nitrogens with zero attached hydrogens (tertiary/aromatic N) is 4. The molecule has 2 aliphatic rings. The molecule has 0 radical (unpaired) electrons. The fraction of sp³-hybridized carbons (Fsp3) is 0.0476. The summed E-state index contributed by atoms with van der Waals surface area (Å²) in [4.78, 5) is 19.8. The summed E-state index contributed by atoms with van der Waals surface area (Å²) in [5.74, 6) is 3.08. The van der Waals surface area contributed by atoms with E-state index in [1.165, 1.54) is 11.1 Å². The molecule has 3 aromatic heterocycles. The highest BCUT2D eigenvalue weighted by Crippen LogP contribution is 2.44. The van der Waals surface area contributed by atoms with E-state index >= 15 is 0 Å². The average Bonchev–Trinajstić information content (AvgIpc) is 3.55. The smallest absolute Gasteiger partial charge is 0.183 e. The van der Waals surface area contributed by atoms with Gasteiger partial charge in [-0.25, -0.2) is 15.0 Å². The number of furan rings is 1. The van der Waals surface area contributed by atoms with Crippen molar-refractivity contribution in [2.45, 2.75) is 5.92 Å². The molecule has 0 spiro atoms. The Hall–Kier alpha value is -6.20. The van der Waals surface area contributed by atoms with Crippen LogP contribution in [-0.4, -0.2) is 19.9 Å². The quantitative estimate of drug-likeness (QED) is 0.196. The van der Waals surface area contributed by atoms with Crippen LogP contribution in [0.4, 0.5) is 0 Å². The molecule has 2 aliphatic carbocycles. The van der Waals surface area contributed by atoms with Crippen LogP contribution in [0.2, 0.25) is 0 Å². The fourth-order valence-corrected chi connectivity index (χ4v) is 6.57. The molecule has 0 bridgehead atoms. The molecule has 5 heteroatoms. The Labute approximate surface area is 272 Å². The standard InChI is InChI=1S/C42H28N4O/c1-3-9-27(10-4-1)28-15-17-29(18-16-28)30-19-21-33(22-20-30)41-44-40(32-12-5-2-6-13-32)45-42(46-41)38-37-35-24-23-31-11-7-8-14-34(31)39(35)47-36(37)25-26-43-38/h1-26,31,34H. The van der Waals surface area contributed by atoms with E-state index in [1.54, 1.807) is 6.20 Å². The molecule has 9 rings (SSSR count). The summed E-state index contributed by atoms with van der Waals surface area (Å²) >= 11 is 0. The molecule has 2 atom stereocenters. The molecule has 0 fully saturated rings. The van der Waals surface area contributed by atoms with Crippen molar-refractivity contribution in [1.29, 1.82) is 0 Å². The van der Waals surface area contributed by atoms with Crippen molar-refractivity contribution in [1.82, 2.24) is 19.9 Å². The number of fused-ring (bicyclic) bond motifs is 5. The van der Waals surface area contributed by atoms with Crippen LogP contribution in [0.3, 0.4) is 0 Å². The van der Waals surface area contributed by atoms with Crippen LogP contribution in [0, 0.1) is 5.92 Å². The van der Waals surface area contributed by atoms with Gasteiger partial charge in [-0.2, -0.15) is 0 Å². The maximum atomic E-state index is 6.49. The number of rotatable bonds is 5. The van der Waals surface area contributed by atoms with E-state index in [0.29, 0.717) is 23.2 Å². The summed E-state index contributed by atoms with van der Waals surface area (Å²) in [6.07, 6.45) is 14.8. The first-order valence-corrected chi connectivity index (χ1v) is 15.8. The monoisotopic (exact) mass is 604 g/mol. The lowest BCUT2D eigenvalue weighted by molar-refractivity contribution is 0.492. The first-order chi connectivity index (χ1) is 23.3. The molecule has 0 saturated heterocycles. The van der Waals surface area contributed by atoms with Gasteiger partial charge in [-0.1, -0.05) is 146 Å². The zero-order valence-corrected chi connectivity index (χ0v) is 25.4. The molecule has 4 aromatic carbocycles. The van der Waals surface area contributed by atoms with Gasteiger partial charge in [0, 0.05) is 34.7 Å². The summed E-state index contributed by atoms with van der Waals surface area (Å²) in [6.45, 7) is 0. The van der Waals surface area contributed by atoms with E-state index in [-0.39, 0.29) is 11.8 Å². The van der Waals surface area contributed by atoms with E-state index in [2.05, 4.69) is 109 Å². The van der Waals surface area contributed by atoms with Crippen LogP contribution in [0.5, 0.6) is 0 Å². The first-order valence-electron chi connectivity index (χ1n) is 15.8. The molecule has 3 heterocycles. The molecule has 0 saturated carbocycles. The summed E-state index contributed by atoms with van der Waals surface area (Å²) in [5, 5.41) is 0.922. The van der Waals surface area contributed by atoms with Crippen LogP contribution >= 0.6 is 0 Å². The van der Waals surface area contributed by atoms with Crippen LogP contribution in [0.1, 0.15) is 17.2 Å². The van der Waals surface area contributed by atoms with Gasteiger partial charge in [0.1, 0.15) is 17.0 Å². The predicted molar refractivity (Wildman–Crippen MR) is 188 cm³/mol. The number of benzene rings is 4. The molecule has 7 aromatic rings. The third-order valence-corrected chi connectivity index (χ3v) is 8.98. The third kappa shape index (κ3) is 4.89. The van der Waals surface area contributed by atoms with Crippen LogP contribution in [0.25, 0.3) is 73.6 Å². The minimum atomic E-state index is 0.155. The van der Waals surface area contributed by atoms with Crippen LogP contribution in [-0.2, 0) is 0 Å². The van der Waals surface area contributed by atoms with E-state index < -0.39 is 0 Å². The van der Waals surface area contributed by atoms with Gasteiger partial charge in [0.05, 0.1) is 5.39 Å². The highest BCUT2D eigenvalue weighted by molar-refractivity contribution is 5.98. The van der Waals surface area contributed by atoms with Crippen molar-refractivity contribution >= 4 is 17.0 Å². The van der Waals surface area contributed by atoms with Crippen molar-refractivity contribution in [3.8, 4) is 56.5 Å². The van der Waals surface area contributed by atoms with E-state index in [1.807, 2.05) is 42.5 Å². The number of pyridine rings is 1. The van der Waals surface area contributed by atoms with Gasteiger partial charge in [0.25, 0.3) is 0 Å². The van der Waals surface area contributed by atoms with E-state index in [9.17, 15) is 0 Å². The van der Waals surface area contributed by atoms with Crippen molar-refractivity contribution in [3.05, 3.63) is 163 Å². The predicted octanol–water partition coefficient (Wildman–Crippen LogP) is 10.2. The second kappa shape index (κ2) is 11.3. The van der Waals surface area contributed by atoms with Gasteiger partial charge in [-0.15, -0.1) is 0 Å². The van der Waals surface area contributed by atoms with Gasteiger partial charge < -0.3 is 4.42 Å². The number of hydrogen-bond donors (Lipinski definition) is 0. The molecular formula is C42H28N4O. The van der Waals surface area contributed by atoms with Gasteiger partial charge in [-0.3, -0.25) is 4.98 Å². The minimum Gasteiger partial charge on any atom is -0.460 e. The Morgan fingerprint density at radius 2 is 1.02 bits per heavy atom. The topological polar surface area (TPSA) is 64.7 Å². The van der Waals surface area contributed by atoms with E-state index in [4.69, 9.17) is 24.4 Å². The van der Waals surface area contributed by atoms with Gasteiger partial charge in [0.2, 0.25) is 0 Å². The lowest BCUT2D eigenvalue weighted by Gasteiger charge is -2.23. The van der Waals surface area contributed by atoms with Gasteiger partial charge >= 0.3 is 0 Å². The molecule has 47 heavy (non-hydrogen) atoms. The first kappa shape index (κ1) is 27.1. The summed E-state index contributed by atoms with van der Waals surface area (Å²) in [6, 6.07) is 39.4. The van der Waals surface area contributed by atoms with Gasteiger partial charge in [-0.05, 0) is 28.3 Å². The maximum Gasteiger partial charge on any atom is 0.183 e. The second-order valence-corrected chi connectivity index (χ2v) is 11.8. The SMILES string of the molecule is C1=CC2C=Cc3c(oc4ccnc(-c5nc(-c6ccccc6)nc(-c6ccc(-c7ccc(-c8ccccc8)cc7)cc6)n5)c34)C2C=C1. The number of hydrogen-bond acceptors (Lipinski definition) is 5.